The van der Waals surface area contributed by atoms with Gasteiger partial charge in [-0.2, -0.15) is 4.31 Å². The predicted octanol–water partition coefficient (Wildman–Crippen LogP) is 3.91. The molecule has 0 radical (unpaired) electrons. The van der Waals surface area contributed by atoms with Crippen LogP contribution in [-0.2, 0) is 27.8 Å². The van der Waals surface area contributed by atoms with Gasteiger partial charge in [-0.1, -0.05) is 31.5 Å². The third kappa shape index (κ3) is 6.06. The normalized spacial score (nSPS) is 16.8. The lowest BCUT2D eigenvalue weighted by Gasteiger charge is -2.29. The molecule has 1 fully saturated rings. The first-order valence-corrected chi connectivity index (χ1v) is 12.9. The summed E-state index contributed by atoms with van der Waals surface area (Å²) in [5.41, 5.74) is 1.82. The quantitative estimate of drug-likeness (QED) is 0.564. The predicted molar refractivity (Wildman–Crippen MR) is 128 cm³/mol. The van der Waals surface area contributed by atoms with E-state index in [0.29, 0.717) is 30.0 Å². The zero-order chi connectivity index (χ0) is 23.8. The molecule has 1 saturated heterocycles. The van der Waals surface area contributed by atoms with Crippen molar-refractivity contribution in [2.45, 2.75) is 62.9 Å². The van der Waals surface area contributed by atoms with E-state index in [0.717, 1.165) is 37.7 Å². The first-order valence-electron chi connectivity index (χ1n) is 11.5. The Kier molecular flexibility index (Phi) is 8.74. The smallest absolute Gasteiger partial charge is 0.244 e. The zero-order valence-electron chi connectivity index (χ0n) is 19.7. The summed E-state index contributed by atoms with van der Waals surface area (Å²) in [6.45, 7) is 2.74. The van der Waals surface area contributed by atoms with Gasteiger partial charge in [-0.05, 0) is 67.5 Å². The summed E-state index contributed by atoms with van der Waals surface area (Å²) in [7, 11) is -0.833. The Morgan fingerprint density at radius 1 is 1.00 bits per heavy atom. The lowest BCUT2D eigenvalue weighted by molar-refractivity contribution is -0.124. The van der Waals surface area contributed by atoms with Crippen molar-refractivity contribution in [3.63, 3.8) is 0 Å². The first kappa shape index (κ1) is 25.1. The number of nitrogens with zero attached hydrogens (tertiary/aromatic N) is 1. The summed E-state index contributed by atoms with van der Waals surface area (Å²) < 4.78 is 39.6. The lowest BCUT2D eigenvalue weighted by Crippen LogP contribution is -2.48. The highest BCUT2D eigenvalue weighted by atomic mass is 32.2. The second-order valence-corrected chi connectivity index (χ2v) is 10.2. The van der Waals surface area contributed by atoms with Crippen molar-refractivity contribution in [2.24, 2.45) is 0 Å². The third-order valence-electron chi connectivity index (χ3n) is 5.99. The van der Waals surface area contributed by atoms with Crippen LogP contribution in [0.4, 0.5) is 0 Å². The summed E-state index contributed by atoms with van der Waals surface area (Å²) in [5.74, 6) is 0.819. The second kappa shape index (κ2) is 11.5. The van der Waals surface area contributed by atoms with E-state index in [9.17, 15) is 13.2 Å². The molecule has 1 aliphatic heterocycles. The molecule has 1 unspecified atom stereocenters. The maximum atomic E-state index is 13.8. The molecule has 0 spiro atoms. The molecule has 7 nitrogen and oxygen atoms in total. The van der Waals surface area contributed by atoms with E-state index in [1.807, 2.05) is 12.1 Å². The van der Waals surface area contributed by atoms with Gasteiger partial charge >= 0.3 is 0 Å². The molecule has 180 valence electrons. The van der Waals surface area contributed by atoms with Crippen molar-refractivity contribution >= 4 is 15.9 Å². The molecule has 0 aromatic heterocycles. The van der Waals surface area contributed by atoms with Crippen molar-refractivity contribution in [1.29, 1.82) is 0 Å². The Balaban J connectivity index is 1.98. The van der Waals surface area contributed by atoms with Crippen LogP contribution in [0.25, 0.3) is 0 Å². The van der Waals surface area contributed by atoms with Gasteiger partial charge in [0.2, 0.25) is 15.9 Å². The average Bonchev–Trinajstić information content (AvgIpc) is 3.05. The number of hydrogen-bond acceptors (Lipinski definition) is 5. The zero-order valence-corrected chi connectivity index (χ0v) is 20.5. The Morgan fingerprint density at radius 2 is 1.70 bits per heavy atom. The Bertz CT molecular complexity index is 1040. The summed E-state index contributed by atoms with van der Waals surface area (Å²) >= 11 is 0. The monoisotopic (exact) mass is 474 g/mol. The van der Waals surface area contributed by atoms with Gasteiger partial charge in [0.1, 0.15) is 6.04 Å². The van der Waals surface area contributed by atoms with Crippen LogP contribution in [0.15, 0.2) is 47.4 Å². The van der Waals surface area contributed by atoms with Crippen LogP contribution < -0.4 is 14.8 Å². The van der Waals surface area contributed by atoms with E-state index in [1.165, 1.54) is 11.4 Å². The van der Waals surface area contributed by atoms with Crippen molar-refractivity contribution in [3.8, 4) is 11.5 Å². The second-order valence-electron chi connectivity index (χ2n) is 8.29. The van der Waals surface area contributed by atoms with Gasteiger partial charge in [-0.3, -0.25) is 4.79 Å². The molecule has 1 amide bonds. The van der Waals surface area contributed by atoms with Gasteiger partial charge in [-0.25, -0.2) is 8.42 Å². The van der Waals surface area contributed by atoms with Gasteiger partial charge in [-0.15, -0.1) is 0 Å². The van der Waals surface area contributed by atoms with E-state index >= 15 is 0 Å². The van der Waals surface area contributed by atoms with Gasteiger partial charge in [0.15, 0.2) is 11.5 Å². The van der Waals surface area contributed by atoms with Crippen LogP contribution in [0.1, 0.15) is 50.2 Å². The van der Waals surface area contributed by atoms with Crippen LogP contribution >= 0.6 is 0 Å². The fourth-order valence-corrected chi connectivity index (χ4v) is 5.67. The summed E-state index contributed by atoms with van der Waals surface area (Å²) in [5, 5.41) is 2.87. The number of carbonyl (C=O) groups is 1. The third-order valence-corrected chi connectivity index (χ3v) is 7.86. The maximum Gasteiger partial charge on any atom is 0.244 e. The number of rotatable bonds is 10. The largest absolute Gasteiger partial charge is 0.493 e. The number of unbranched alkanes of at least 4 members (excludes halogenated alkanes) is 1. The van der Waals surface area contributed by atoms with Crippen molar-refractivity contribution in [3.05, 3.63) is 53.6 Å². The Labute approximate surface area is 197 Å². The van der Waals surface area contributed by atoms with E-state index in [2.05, 4.69) is 12.2 Å². The highest BCUT2D eigenvalue weighted by Gasteiger charge is 2.36. The molecule has 0 aliphatic carbocycles. The topological polar surface area (TPSA) is 84.9 Å². The molecule has 1 aliphatic rings. The SMILES string of the molecule is CCCCc1ccc(S(=O)(=O)N(Cc2ccc(OC)c(OC)c2)C2CCCCNC2=O)cc1. The van der Waals surface area contributed by atoms with Crippen LogP contribution in [0, 0.1) is 0 Å². The highest BCUT2D eigenvalue weighted by Crippen LogP contribution is 2.30. The number of ether oxygens (including phenoxy) is 2. The molecule has 8 heteroatoms. The number of carbonyl (C=O) groups excluding carboxylic acids is 1. The number of methoxy groups -OCH3 is 2. The summed E-state index contributed by atoms with van der Waals surface area (Å²) in [6.07, 6.45) is 5.13. The van der Waals surface area contributed by atoms with Crippen LogP contribution in [0.3, 0.4) is 0 Å². The minimum Gasteiger partial charge on any atom is -0.493 e. The van der Waals surface area contributed by atoms with E-state index in [1.54, 1.807) is 37.4 Å². The number of benzene rings is 2. The van der Waals surface area contributed by atoms with Gasteiger partial charge in [0.25, 0.3) is 0 Å². The lowest BCUT2D eigenvalue weighted by atomic mass is 10.1. The van der Waals surface area contributed by atoms with Crippen molar-refractivity contribution in [2.75, 3.05) is 20.8 Å². The first-order chi connectivity index (χ1) is 15.9. The van der Waals surface area contributed by atoms with Crippen LogP contribution in [0.5, 0.6) is 11.5 Å². The fraction of sp³-hybridized carbons (Fsp3) is 0.480. The number of aryl methyl sites for hydroxylation is 1. The highest BCUT2D eigenvalue weighted by molar-refractivity contribution is 7.89. The average molecular weight is 475 g/mol. The molecule has 1 N–H and O–H groups in total. The van der Waals surface area contributed by atoms with Crippen LogP contribution in [0.2, 0.25) is 0 Å². The summed E-state index contributed by atoms with van der Waals surface area (Å²) in [6, 6.07) is 11.6. The van der Waals surface area contributed by atoms with E-state index < -0.39 is 16.1 Å². The van der Waals surface area contributed by atoms with Crippen molar-refractivity contribution in [1.82, 2.24) is 9.62 Å². The molecular formula is C25H34N2O5S. The fourth-order valence-electron chi connectivity index (χ4n) is 4.06. The molecule has 1 heterocycles. The van der Waals surface area contributed by atoms with Gasteiger partial charge in [0.05, 0.1) is 19.1 Å². The molecule has 1 atom stereocenters. The number of amides is 1. The molecular weight excluding hydrogens is 440 g/mol. The number of hydrogen-bond donors (Lipinski definition) is 1. The molecule has 2 aromatic rings. The standard InChI is InChI=1S/C25H34N2O5S/c1-4-5-8-19-10-13-21(14-11-19)33(29,30)27(22-9-6-7-16-26-25(22)28)18-20-12-15-23(31-2)24(17-20)32-3/h10-15,17,22H,4-9,16,18H2,1-3H3,(H,26,28). The molecule has 0 saturated carbocycles. The van der Waals surface area contributed by atoms with E-state index in [-0.39, 0.29) is 17.3 Å². The molecule has 0 bridgehead atoms. The van der Waals surface area contributed by atoms with Gasteiger partial charge < -0.3 is 14.8 Å². The molecule has 33 heavy (non-hydrogen) atoms. The van der Waals surface area contributed by atoms with Crippen molar-refractivity contribution < 1.29 is 22.7 Å². The Hall–Kier alpha value is -2.58. The summed E-state index contributed by atoms with van der Waals surface area (Å²) in [4.78, 5) is 13.1. The minimum atomic E-state index is -3.92. The molecule has 2 aromatic carbocycles. The molecule has 3 rings (SSSR count). The maximum absolute atomic E-state index is 13.8. The minimum absolute atomic E-state index is 0.0539. The Morgan fingerprint density at radius 3 is 2.36 bits per heavy atom. The van der Waals surface area contributed by atoms with Crippen LogP contribution in [-0.4, -0.2) is 45.4 Å². The van der Waals surface area contributed by atoms with E-state index in [4.69, 9.17) is 9.47 Å². The van der Waals surface area contributed by atoms with Gasteiger partial charge in [0, 0.05) is 13.1 Å². The number of nitrogens with one attached hydrogen (secondary N) is 1. The number of sulfonamides is 1.